The minimum Gasteiger partial charge on any atom is -0.389 e. The number of aliphatic hydroxyl groups excluding tert-OH is 1. The van der Waals surface area contributed by atoms with Crippen molar-refractivity contribution in [1.29, 1.82) is 0 Å². The summed E-state index contributed by atoms with van der Waals surface area (Å²) in [6.45, 7) is 7.12. The van der Waals surface area contributed by atoms with Gasteiger partial charge >= 0.3 is 0 Å². The molecule has 33 heavy (non-hydrogen) atoms. The van der Waals surface area contributed by atoms with Crippen molar-refractivity contribution in [3.05, 3.63) is 72.4 Å². The van der Waals surface area contributed by atoms with Crippen LogP contribution in [0.2, 0.25) is 0 Å². The van der Waals surface area contributed by atoms with E-state index in [9.17, 15) is 13.5 Å². The number of aromatic nitrogens is 3. The Labute approximate surface area is 193 Å². The van der Waals surface area contributed by atoms with Gasteiger partial charge in [-0.1, -0.05) is 24.3 Å². The fraction of sp³-hybridized carbons (Fsp3) is 0.250. The minimum absolute atomic E-state index is 0.187. The lowest BCUT2D eigenvalue weighted by Crippen LogP contribution is -2.40. The van der Waals surface area contributed by atoms with E-state index >= 15 is 0 Å². The molecule has 2 aromatic heterocycles. The fourth-order valence-electron chi connectivity index (χ4n) is 3.47. The van der Waals surface area contributed by atoms with Crippen molar-refractivity contribution >= 4 is 27.2 Å². The van der Waals surface area contributed by atoms with Crippen LogP contribution in [0.1, 0.15) is 39.4 Å². The maximum Gasteiger partial charge on any atom is 0.245 e. The van der Waals surface area contributed by atoms with E-state index in [4.69, 9.17) is 0 Å². The van der Waals surface area contributed by atoms with E-state index in [0.29, 0.717) is 11.5 Å². The van der Waals surface area contributed by atoms with E-state index in [1.807, 2.05) is 42.5 Å². The Morgan fingerprint density at radius 1 is 1.03 bits per heavy atom. The Hall–Kier alpha value is -3.27. The smallest absolute Gasteiger partial charge is 0.245 e. The highest BCUT2D eigenvalue weighted by Gasteiger charge is 2.22. The SMILES string of the molecule is CC(O)c1cccc(Nc2ncc3ccc(-c4cccc(S(=O)(=O)NC(C)(C)C)c4)n3n2)c1. The summed E-state index contributed by atoms with van der Waals surface area (Å²) in [6.07, 6.45) is 1.11. The first kappa shape index (κ1) is 22.9. The third-order valence-corrected chi connectivity index (χ3v) is 6.66. The molecule has 4 aromatic rings. The predicted molar refractivity (Wildman–Crippen MR) is 129 cm³/mol. The molecule has 0 saturated carbocycles. The van der Waals surface area contributed by atoms with Crippen LogP contribution in [0.25, 0.3) is 16.8 Å². The van der Waals surface area contributed by atoms with Gasteiger partial charge in [-0.05, 0) is 69.7 Å². The van der Waals surface area contributed by atoms with Crippen molar-refractivity contribution in [2.75, 3.05) is 5.32 Å². The summed E-state index contributed by atoms with van der Waals surface area (Å²) in [4.78, 5) is 4.56. The zero-order valence-electron chi connectivity index (χ0n) is 18.9. The maximum absolute atomic E-state index is 12.8. The van der Waals surface area contributed by atoms with E-state index in [0.717, 1.165) is 22.5 Å². The molecule has 0 aliphatic rings. The van der Waals surface area contributed by atoms with Crippen LogP contribution in [0.3, 0.4) is 0 Å². The lowest BCUT2D eigenvalue weighted by atomic mass is 10.1. The molecule has 0 bridgehead atoms. The van der Waals surface area contributed by atoms with Crippen molar-refractivity contribution in [3.8, 4) is 11.3 Å². The number of nitrogens with zero attached hydrogens (tertiary/aromatic N) is 3. The average Bonchev–Trinajstić information content (AvgIpc) is 3.16. The molecule has 8 nitrogen and oxygen atoms in total. The molecule has 0 spiro atoms. The normalized spacial score (nSPS) is 13.2. The van der Waals surface area contributed by atoms with Crippen LogP contribution >= 0.6 is 0 Å². The summed E-state index contributed by atoms with van der Waals surface area (Å²) in [5, 5.41) is 17.6. The number of benzene rings is 2. The van der Waals surface area contributed by atoms with Crippen molar-refractivity contribution in [1.82, 2.24) is 19.3 Å². The molecule has 1 atom stereocenters. The first-order chi connectivity index (χ1) is 15.5. The Bertz CT molecular complexity index is 1410. The predicted octanol–water partition coefficient (Wildman–Crippen LogP) is 4.27. The van der Waals surface area contributed by atoms with Crippen LogP contribution in [-0.2, 0) is 10.0 Å². The molecule has 3 N–H and O–H groups in total. The standard InChI is InChI=1S/C24H27N5O3S/c1-16(30)17-7-5-9-19(13-17)26-23-25-15-20-11-12-22(29(20)27-23)18-8-6-10-21(14-18)33(31,32)28-24(2,3)4/h5-16,28,30H,1-4H3,(H,26,27). The van der Waals surface area contributed by atoms with Crippen LogP contribution in [0.15, 0.2) is 71.8 Å². The summed E-state index contributed by atoms with van der Waals surface area (Å²) < 4.78 is 30.0. The largest absolute Gasteiger partial charge is 0.389 e. The van der Waals surface area contributed by atoms with Crippen LogP contribution in [0.5, 0.6) is 0 Å². The first-order valence-electron chi connectivity index (χ1n) is 10.6. The Morgan fingerprint density at radius 3 is 2.52 bits per heavy atom. The van der Waals surface area contributed by atoms with Gasteiger partial charge in [-0.3, -0.25) is 0 Å². The molecule has 0 amide bonds. The second-order valence-electron chi connectivity index (χ2n) is 8.95. The minimum atomic E-state index is -3.67. The molecule has 0 aliphatic heterocycles. The molecule has 4 rings (SSSR count). The Morgan fingerprint density at radius 2 is 1.79 bits per heavy atom. The van der Waals surface area contributed by atoms with Crippen molar-refractivity contribution in [3.63, 3.8) is 0 Å². The molecular formula is C24H27N5O3S. The lowest BCUT2D eigenvalue weighted by molar-refractivity contribution is 0.199. The van der Waals surface area contributed by atoms with Crippen LogP contribution < -0.4 is 10.0 Å². The van der Waals surface area contributed by atoms with E-state index in [1.54, 1.807) is 56.6 Å². The number of rotatable bonds is 6. The number of fused-ring (bicyclic) bond motifs is 1. The molecule has 172 valence electrons. The van der Waals surface area contributed by atoms with Gasteiger partial charge in [0.05, 0.1) is 28.4 Å². The fourth-order valence-corrected chi connectivity index (χ4v) is 4.93. The number of sulfonamides is 1. The van der Waals surface area contributed by atoms with Crippen LogP contribution in [-0.4, -0.2) is 33.7 Å². The Kier molecular flexibility index (Phi) is 5.96. The van der Waals surface area contributed by atoms with Gasteiger partial charge < -0.3 is 10.4 Å². The highest BCUT2D eigenvalue weighted by molar-refractivity contribution is 7.89. The quantitative estimate of drug-likeness (QED) is 0.392. The van der Waals surface area contributed by atoms with Gasteiger partial charge in [0.15, 0.2) is 0 Å². The third kappa shape index (κ3) is 5.22. The van der Waals surface area contributed by atoms with Gasteiger partial charge in [-0.25, -0.2) is 22.6 Å². The summed E-state index contributed by atoms with van der Waals surface area (Å²) in [6, 6.07) is 17.9. The van der Waals surface area contributed by atoms with Crippen molar-refractivity contribution in [2.24, 2.45) is 0 Å². The van der Waals surface area contributed by atoms with Crippen molar-refractivity contribution in [2.45, 2.75) is 44.2 Å². The molecule has 1 unspecified atom stereocenters. The average molecular weight is 466 g/mol. The molecule has 9 heteroatoms. The molecule has 0 saturated heterocycles. The first-order valence-corrected chi connectivity index (χ1v) is 12.0. The number of anilines is 2. The zero-order valence-corrected chi connectivity index (χ0v) is 19.8. The Balaban J connectivity index is 1.69. The number of hydrogen-bond acceptors (Lipinski definition) is 6. The van der Waals surface area contributed by atoms with Gasteiger partial charge in [-0.2, -0.15) is 0 Å². The molecular weight excluding hydrogens is 438 g/mol. The van der Waals surface area contributed by atoms with Gasteiger partial charge in [-0.15, -0.1) is 5.10 Å². The molecule has 0 radical (unpaired) electrons. The van der Waals surface area contributed by atoms with Gasteiger partial charge in [0.2, 0.25) is 16.0 Å². The summed E-state index contributed by atoms with van der Waals surface area (Å²) in [7, 11) is -3.67. The monoisotopic (exact) mass is 465 g/mol. The van der Waals surface area contributed by atoms with E-state index in [1.165, 1.54) is 0 Å². The lowest BCUT2D eigenvalue weighted by Gasteiger charge is -2.20. The molecule has 0 fully saturated rings. The van der Waals surface area contributed by atoms with Crippen LogP contribution in [0.4, 0.5) is 11.6 Å². The van der Waals surface area contributed by atoms with E-state index in [2.05, 4.69) is 20.1 Å². The highest BCUT2D eigenvalue weighted by Crippen LogP contribution is 2.26. The summed E-state index contributed by atoms with van der Waals surface area (Å²) in [5.74, 6) is 0.376. The van der Waals surface area contributed by atoms with Gasteiger partial charge in [0.1, 0.15) is 0 Å². The van der Waals surface area contributed by atoms with E-state index < -0.39 is 21.7 Å². The second kappa shape index (κ2) is 8.58. The van der Waals surface area contributed by atoms with Gasteiger partial charge in [0, 0.05) is 16.8 Å². The second-order valence-corrected chi connectivity index (χ2v) is 10.6. The summed E-state index contributed by atoms with van der Waals surface area (Å²) >= 11 is 0. The molecule has 0 aliphatic carbocycles. The summed E-state index contributed by atoms with van der Waals surface area (Å²) in [5.41, 5.74) is 3.17. The highest BCUT2D eigenvalue weighted by atomic mass is 32.2. The van der Waals surface area contributed by atoms with Crippen molar-refractivity contribution < 1.29 is 13.5 Å². The number of hydrogen-bond donors (Lipinski definition) is 3. The number of nitrogens with one attached hydrogen (secondary N) is 2. The third-order valence-electron chi connectivity index (χ3n) is 4.90. The van der Waals surface area contributed by atoms with E-state index in [-0.39, 0.29) is 4.90 Å². The molecule has 2 heterocycles. The zero-order chi connectivity index (χ0) is 23.8. The number of aliphatic hydroxyl groups is 1. The molecule has 2 aromatic carbocycles. The maximum atomic E-state index is 12.8. The van der Waals surface area contributed by atoms with Crippen LogP contribution in [0, 0.1) is 0 Å². The van der Waals surface area contributed by atoms with Gasteiger partial charge in [0.25, 0.3) is 0 Å². The topological polar surface area (TPSA) is 109 Å².